The summed E-state index contributed by atoms with van der Waals surface area (Å²) in [5, 5.41) is 19.0. The lowest BCUT2D eigenvalue weighted by Crippen LogP contribution is -2.68. The van der Waals surface area contributed by atoms with E-state index in [0.29, 0.717) is 0 Å². The van der Waals surface area contributed by atoms with Gasteiger partial charge in [0, 0.05) is 23.9 Å². The standard InChI is InChI=1S/C12H17F3N2O2/c1-9(2)5-11(19,7-16)6-10(3,4)17(9)8(18)12(13,14)15/h19H,5-6H2,1-4H3. The first-order chi connectivity index (χ1) is 8.25. The van der Waals surface area contributed by atoms with Gasteiger partial charge in [-0.3, -0.25) is 4.79 Å². The van der Waals surface area contributed by atoms with Crippen LogP contribution in [0.3, 0.4) is 0 Å². The summed E-state index contributed by atoms with van der Waals surface area (Å²) in [5.41, 5.74) is -4.26. The number of rotatable bonds is 0. The number of aliphatic hydroxyl groups is 1. The van der Waals surface area contributed by atoms with Crippen molar-refractivity contribution in [1.29, 1.82) is 5.26 Å². The van der Waals surface area contributed by atoms with Gasteiger partial charge in [-0.1, -0.05) is 0 Å². The minimum Gasteiger partial charge on any atom is -0.375 e. The molecular weight excluding hydrogens is 261 g/mol. The summed E-state index contributed by atoms with van der Waals surface area (Å²) in [5.74, 6) is -1.94. The molecule has 0 atom stereocenters. The van der Waals surface area contributed by atoms with E-state index in [1.165, 1.54) is 27.7 Å². The van der Waals surface area contributed by atoms with Gasteiger partial charge in [0.25, 0.3) is 0 Å². The number of alkyl halides is 3. The maximum Gasteiger partial charge on any atom is 0.471 e. The SMILES string of the molecule is CC1(C)CC(O)(C#N)CC(C)(C)N1C(=O)C(F)(F)F. The molecule has 19 heavy (non-hydrogen) atoms. The van der Waals surface area contributed by atoms with Crippen LogP contribution in [0.5, 0.6) is 0 Å². The van der Waals surface area contributed by atoms with Gasteiger partial charge in [0.15, 0.2) is 5.60 Å². The molecular formula is C12H17F3N2O2. The fraction of sp³-hybridized carbons (Fsp3) is 0.833. The van der Waals surface area contributed by atoms with E-state index in [1.807, 2.05) is 0 Å². The fourth-order valence-corrected chi connectivity index (χ4v) is 3.23. The van der Waals surface area contributed by atoms with Gasteiger partial charge in [0.2, 0.25) is 0 Å². The molecule has 7 heteroatoms. The van der Waals surface area contributed by atoms with Crippen LogP contribution >= 0.6 is 0 Å². The Morgan fingerprint density at radius 1 is 1.21 bits per heavy atom. The van der Waals surface area contributed by atoms with Crippen molar-refractivity contribution in [2.45, 2.75) is 63.4 Å². The van der Waals surface area contributed by atoms with Gasteiger partial charge < -0.3 is 10.0 Å². The highest BCUT2D eigenvalue weighted by Gasteiger charge is 2.58. The number of amides is 1. The number of halogens is 3. The number of hydrogen-bond donors (Lipinski definition) is 1. The molecule has 1 aliphatic heterocycles. The molecule has 4 nitrogen and oxygen atoms in total. The van der Waals surface area contributed by atoms with Gasteiger partial charge in [-0.05, 0) is 27.7 Å². The predicted octanol–water partition coefficient (Wildman–Crippen LogP) is 1.98. The Hall–Kier alpha value is -1.29. The van der Waals surface area contributed by atoms with Gasteiger partial charge in [0.05, 0.1) is 6.07 Å². The van der Waals surface area contributed by atoms with Crippen LogP contribution in [0.2, 0.25) is 0 Å². The summed E-state index contributed by atoms with van der Waals surface area (Å²) in [7, 11) is 0. The Kier molecular flexibility index (Phi) is 3.40. The molecule has 0 aromatic carbocycles. The molecule has 1 aliphatic rings. The maximum atomic E-state index is 12.7. The minimum atomic E-state index is -4.98. The Morgan fingerprint density at radius 2 is 1.58 bits per heavy atom. The number of piperidine rings is 1. The highest BCUT2D eigenvalue weighted by Crippen LogP contribution is 2.44. The van der Waals surface area contributed by atoms with Crippen LogP contribution in [0.25, 0.3) is 0 Å². The summed E-state index contributed by atoms with van der Waals surface area (Å²) in [6.07, 6.45) is -5.42. The molecule has 0 unspecified atom stereocenters. The van der Waals surface area contributed by atoms with Crippen molar-refractivity contribution in [3.8, 4) is 6.07 Å². The lowest BCUT2D eigenvalue weighted by Gasteiger charge is -2.56. The average molecular weight is 278 g/mol. The first-order valence-electron chi connectivity index (χ1n) is 5.80. The monoisotopic (exact) mass is 278 g/mol. The molecule has 1 rings (SSSR count). The van der Waals surface area contributed by atoms with E-state index in [4.69, 9.17) is 5.26 Å². The normalized spacial score (nSPS) is 24.7. The summed E-state index contributed by atoms with van der Waals surface area (Å²) in [6.45, 7) is 5.67. The summed E-state index contributed by atoms with van der Waals surface area (Å²) < 4.78 is 38.0. The number of likely N-dealkylation sites (tertiary alicyclic amines) is 1. The van der Waals surface area contributed by atoms with Gasteiger partial charge in [-0.2, -0.15) is 18.4 Å². The number of carbonyl (C=O) groups is 1. The van der Waals surface area contributed by atoms with Crippen LogP contribution in [0.1, 0.15) is 40.5 Å². The van der Waals surface area contributed by atoms with Crippen LogP contribution in [-0.2, 0) is 4.79 Å². The summed E-state index contributed by atoms with van der Waals surface area (Å²) in [4.78, 5) is 12.3. The zero-order chi connectivity index (χ0) is 15.3. The van der Waals surface area contributed by atoms with Crippen LogP contribution in [0, 0.1) is 11.3 Å². The second-order valence-corrected chi connectivity index (χ2v) is 6.26. The van der Waals surface area contributed by atoms with E-state index >= 15 is 0 Å². The maximum absolute atomic E-state index is 12.7. The number of carbonyl (C=O) groups excluding carboxylic acids is 1. The third-order valence-electron chi connectivity index (χ3n) is 3.31. The Labute approximate surface area is 109 Å². The van der Waals surface area contributed by atoms with E-state index in [2.05, 4.69) is 0 Å². The van der Waals surface area contributed by atoms with Crippen molar-refractivity contribution >= 4 is 5.91 Å². The zero-order valence-corrected chi connectivity index (χ0v) is 11.3. The van der Waals surface area contributed by atoms with E-state index in [9.17, 15) is 23.1 Å². The number of hydrogen-bond acceptors (Lipinski definition) is 3. The van der Waals surface area contributed by atoms with E-state index in [-0.39, 0.29) is 12.8 Å². The quantitative estimate of drug-likeness (QED) is 0.689. The third-order valence-corrected chi connectivity index (χ3v) is 3.31. The molecule has 1 saturated heterocycles. The molecule has 1 N–H and O–H groups in total. The molecule has 0 aliphatic carbocycles. The molecule has 0 spiro atoms. The Bertz CT molecular complexity index is 417. The number of nitriles is 1. The van der Waals surface area contributed by atoms with Crippen molar-refractivity contribution in [1.82, 2.24) is 4.90 Å². The van der Waals surface area contributed by atoms with E-state index in [0.717, 1.165) is 4.90 Å². The van der Waals surface area contributed by atoms with Gasteiger partial charge in [0.1, 0.15) is 0 Å². The molecule has 0 saturated carbocycles. The fourth-order valence-electron chi connectivity index (χ4n) is 3.23. The third kappa shape index (κ3) is 2.84. The lowest BCUT2D eigenvalue weighted by molar-refractivity contribution is -0.208. The van der Waals surface area contributed by atoms with Gasteiger partial charge >= 0.3 is 12.1 Å². The molecule has 108 valence electrons. The highest BCUT2D eigenvalue weighted by molar-refractivity contribution is 5.83. The molecule has 0 radical (unpaired) electrons. The van der Waals surface area contributed by atoms with Crippen LogP contribution in [0.4, 0.5) is 13.2 Å². The van der Waals surface area contributed by atoms with Crippen LogP contribution < -0.4 is 0 Å². The highest BCUT2D eigenvalue weighted by atomic mass is 19.4. The van der Waals surface area contributed by atoms with Crippen LogP contribution in [-0.4, -0.2) is 38.8 Å². The first kappa shape index (κ1) is 15.8. The largest absolute Gasteiger partial charge is 0.471 e. The Balaban J connectivity index is 3.27. The summed E-state index contributed by atoms with van der Waals surface area (Å²) >= 11 is 0. The Morgan fingerprint density at radius 3 is 1.84 bits per heavy atom. The van der Waals surface area contributed by atoms with Crippen LogP contribution in [0.15, 0.2) is 0 Å². The van der Waals surface area contributed by atoms with Crippen molar-refractivity contribution in [3.63, 3.8) is 0 Å². The summed E-state index contributed by atoms with van der Waals surface area (Å²) in [6, 6.07) is 1.73. The number of nitrogens with zero attached hydrogens (tertiary/aromatic N) is 2. The second-order valence-electron chi connectivity index (χ2n) is 6.26. The van der Waals surface area contributed by atoms with E-state index < -0.39 is 28.8 Å². The molecule has 0 aromatic rings. The molecule has 1 amide bonds. The van der Waals surface area contributed by atoms with Crippen molar-refractivity contribution < 1.29 is 23.1 Å². The van der Waals surface area contributed by atoms with Crippen molar-refractivity contribution in [2.24, 2.45) is 0 Å². The van der Waals surface area contributed by atoms with Crippen molar-refractivity contribution in [3.05, 3.63) is 0 Å². The topological polar surface area (TPSA) is 64.3 Å². The van der Waals surface area contributed by atoms with Gasteiger partial charge in [-0.25, -0.2) is 0 Å². The molecule has 0 aromatic heterocycles. The lowest BCUT2D eigenvalue weighted by atomic mass is 9.71. The van der Waals surface area contributed by atoms with E-state index in [1.54, 1.807) is 6.07 Å². The molecule has 0 bridgehead atoms. The molecule has 1 heterocycles. The smallest absolute Gasteiger partial charge is 0.375 e. The molecule has 1 fully saturated rings. The second kappa shape index (κ2) is 4.10. The minimum absolute atomic E-state index is 0.220. The van der Waals surface area contributed by atoms with Gasteiger partial charge in [-0.15, -0.1) is 0 Å². The first-order valence-corrected chi connectivity index (χ1v) is 5.80. The van der Waals surface area contributed by atoms with Crippen molar-refractivity contribution in [2.75, 3.05) is 0 Å². The predicted molar refractivity (Wildman–Crippen MR) is 60.9 cm³/mol. The average Bonchev–Trinajstić information content (AvgIpc) is 2.11. The zero-order valence-electron chi connectivity index (χ0n) is 11.3.